The van der Waals surface area contributed by atoms with Crippen molar-refractivity contribution >= 4 is 29.9 Å². The summed E-state index contributed by atoms with van der Waals surface area (Å²) in [5.74, 6) is -0.545. The number of β-amino-alcohol motifs (C(OH)–C–C–N with tert-alkyl or cyclic N) is 1. The minimum atomic E-state index is -0.704. The second-order valence-electron chi connectivity index (χ2n) is 10.7. The third-order valence-electron chi connectivity index (χ3n) is 8.11. The normalized spacial score (nSPS) is 17.2. The van der Waals surface area contributed by atoms with E-state index in [4.69, 9.17) is 0 Å². The number of anilines is 1. The number of nitrogens with zero attached hydrogens (tertiary/aromatic N) is 3. The van der Waals surface area contributed by atoms with Crippen molar-refractivity contribution in [3.05, 3.63) is 100 Å². The molecule has 41 heavy (non-hydrogen) atoms. The molecule has 2 aliphatic heterocycles. The monoisotopic (exact) mass is 580 g/mol. The Labute approximate surface area is 247 Å². The summed E-state index contributed by atoms with van der Waals surface area (Å²) in [5.41, 5.74) is 5.24. The molecule has 3 aromatic carbocycles. The van der Waals surface area contributed by atoms with Crippen molar-refractivity contribution in [1.29, 1.82) is 0 Å². The number of halogens is 2. The van der Waals surface area contributed by atoms with Gasteiger partial charge in [0.2, 0.25) is 0 Å². The van der Waals surface area contributed by atoms with E-state index in [0.29, 0.717) is 50.3 Å². The number of hydrogen-bond acceptors (Lipinski definition) is 5. The van der Waals surface area contributed by atoms with Gasteiger partial charge in [-0.05, 0) is 66.8 Å². The number of aliphatic hydroxyl groups excluding tert-OH is 1. The maximum atomic E-state index is 13.7. The predicted molar refractivity (Wildman–Crippen MR) is 161 cm³/mol. The maximum Gasteiger partial charge on any atom is 0.256 e. The fourth-order valence-electron chi connectivity index (χ4n) is 5.62. The lowest BCUT2D eigenvalue weighted by Gasteiger charge is -2.33. The Morgan fingerprint density at radius 3 is 2.51 bits per heavy atom. The highest BCUT2D eigenvalue weighted by Crippen LogP contribution is 2.28. The zero-order valence-corrected chi connectivity index (χ0v) is 24.4. The van der Waals surface area contributed by atoms with Gasteiger partial charge in [0, 0.05) is 57.9 Å². The highest BCUT2D eigenvalue weighted by Gasteiger charge is 2.31. The fraction of sp³-hybridized carbons (Fsp3) is 0.375. The number of nitrogens with one attached hydrogen (secondary N) is 1. The van der Waals surface area contributed by atoms with E-state index in [1.54, 1.807) is 41.1 Å². The predicted octanol–water partition coefficient (Wildman–Crippen LogP) is 3.92. The highest BCUT2D eigenvalue weighted by molar-refractivity contribution is 6.03. The topological polar surface area (TPSA) is 76.1 Å². The molecule has 2 aliphatic rings. The van der Waals surface area contributed by atoms with Crippen LogP contribution in [0.5, 0.6) is 0 Å². The Balaban J connectivity index is 0.00000387. The summed E-state index contributed by atoms with van der Waals surface area (Å²) in [6.07, 6.45) is 0.632. The molecule has 0 bridgehead atoms. The molecule has 218 valence electrons. The summed E-state index contributed by atoms with van der Waals surface area (Å²) in [4.78, 5) is 32.4. The van der Waals surface area contributed by atoms with E-state index in [-0.39, 0.29) is 42.6 Å². The molecule has 0 spiro atoms. The van der Waals surface area contributed by atoms with Crippen LogP contribution in [0, 0.1) is 5.82 Å². The Bertz CT molecular complexity index is 1370. The molecule has 2 heterocycles. The van der Waals surface area contributed by atoms with Crippen LogP contribution in [0.3, 0.4) is 0 Å². The summed E-state index contributed by atoms with van der Waals surface area (Å²) in [5, 5.41) is 14.5. The van der Waals surface area contributed by atoms with Gasteiger partial charge in [-0.25, -0.2) is 4.39 Å². The van der Waals surface area contributed by atoms with Crippen LogP contribution in [0.2, 0.25) is 0 Å². The number of carbonyl (C=O) groups is 2. The van der Waals surface area contributed by atoms with Gasteiger partial charge in [-0.2, -0.15) is 0 Å². The van der Waals surface area contributed by atoms with Crippen LogP contribution in [0.1, 0.15) is 44.3 Å². The van der Waals surface area contributed by atoms with Gasteiger partial charge in [0.05, 0.1) is 17.4 Å². The van der Waals surface area contributed by atoms with Gasteiger partial charge < -0.3 is 25.1 Å². The number of carbonyl (C=O) groups excluding carboxylic acids is 2. The molecule has 7 nitrogen and oxygen atoms in total. The number of benzene rings is 3. The first-order chi connectivity index (χ1) is 19.3. The van der Waals surface area contributed by atoms with E-state index in [1.165, 1.54) is 23.3 Å². The standard InChI is InChI=1S/C32H37FN4O3.ClH/c1-3-36-16-17-37(21-30(38)28-18-23-6-4-5-7-25(23)20-34-28)32(40)27-13-10-24(19-29(27)36)31(39)35(2)15-14-22-8-11-26(33)12-9-22;/h4-13,19,28,30,34,38H,3,14-18,20-21H2,1-2H3;1H/t28-,30?;/m0./s1. The van der Waals surface area contributed by atoms with Crippen molar-refractivity contribution in [1.82, 2.24) is 15.1 Å². The van der Waals surface area contributed by atoms with Crippen molar-refractivity contribution < 1.29 is 19.1 Å². The Morgan fingerprint density at radius 1 is 1.07 bits per heavy atom. The second kappa shape index (κ2) is 13.5. The summed E-state index contributed by atoms with van der Waals surface area (Å²) >= 11 is 0. The molecule has 2 N–H and O–H groups in total. The fourth-order valence-corrected chi connectivity index (χ4v) is 5.62. The Morgan fingerprint density at radius 2 is 1.78 bits per heavy atom. The van der Waals surface area contributed by atoms with Gasteiger partial charge >= 0.3 is 0 Å². The smallest absolute Gasteiger partial charge is 0.256 e. The molecule has 0 saturated carbocycles. The lowest BCUT2D eigenvalue weighted by atomic mass is 9.92. The van der Waals surface area contributed by atoms with Gasteiger partial charge in [-0.1, -0.05) is 36.4 Å². The third-order valence-corrected chi connectivity index (χ3v) is 8.11. The molecule has 0 fully saturated rings. The van der Waals surface area contributed by atoms with Gasteiger partial charge in [-0.3, -0.25) is 9.59 Å². The molecule has 0 radical (unpaired) electrons. The van der Waals surface area contributed by atoms with Crippen molar-refractivity contribution in [2.24, 2.45) is 0 Å². The van der Waals surface area contributed by atoms with Crippen LogP contribution in [-0.4, -0.2) is 78.6 Å². The van der Waals surface area contributed by atoms with Crippen molar-refractivity contribution in [2.75, 3.05) is 44.7 Å². The van der Waals surface area contributed by atoms with E-state index in [1.807, 2.05) is 25.1 Å². The first-order valence-electron chi connectivity index (χ1n) is 14.0. The molecule has 1 unspecified atom stereocenters. The lowest BCUT2D eigenvalue weighted by Crippen LogP contribution is -2.50. The molecule has 0 aromatic heterocycles. The zero-order valence-electron chi connectivity index (χ0n) is 23.6. The second-order valence-corrected chi connectivity index (χ2v) is 10.7. The average Bonchev–Trinajstić information content (AvgIpc) is 3.11. The number of rotatable bonds is 8. The van der Waals surface area contributed by atoms with E-state index in [9.17, 15) is 19.1 Å². The van der Waals surface area contributed by atoms with Crippen molar-refractivity contribution in [3.63, 3.8) is 0 Å². The zero-order chi connectivity index (χ0) is 28.2. The molecule has 9 heteroatoms. The average molecular weight is 581 g/mol. The molecular formula is C32H38ClFN4O3. The molecular weight excluding hydrogens is 543 g/mol. The quantitative estimate of drug-likeness (QED) is 0.422. The van der Waals surface area contributed by atoms with Crippen LogP contribution in [0.4, 0.5) is 10.1 Å². The number of fused-ring (bicyclic) bond motifs is 2. The summed E-state index contributed by atoms with van der Waals surface area (Å²) < 4.78 is 13.2. The molecule has 0 aliphatic carbocycles. The number of amides is 2. The number of aliphatic hydroxyl groups is 1. The first kappa shape index (κ1) is 30.5. The minimum Gasteiger partial charge on any atom is -0.390 e. The summed E-state index contributed by atoms with van der Waals surface area (Å²) in [6.45, 7) is 5.25. The highest BCUT2D eigenvalue weighted by atomic mass is 35.5. The van der Waals surface area contributed by atoms with E-state index >= 15 is 0 Å². The van der Waals surface area contributed by atoms with Crippen LogP contribution in [0.15, 0.2) is 66.7 Å². The number of hydrogen-bond donors (Lipinski definition) is 2. The summed E-state index contributed by atoms with van der Waals surface area (Å²) in [7, 11) is 1.75. The lowest BCUT2D eigenvalue weighted by molar-refractivity contribution is 0.0540. The van der Waals surface area contributed by atoms with Crippen LogP contribution < -0.4 is 10.2 Å². The number of likely N-dealkylation sites (N-methyl/N-ethyl adjacent to an activating group) is 2. The van der Waals surface area contributed by atoms with E-state index in [2.05, 4.69) is 22.3 Å². The Hall–Kier alpha value is -3.46. The van der Waals surface area contributed by atoms with Crippen LogP contribution in [0.25, 0.3) is 0 Å². The third kappa shape index (κ3) is 6.89. The molecule has 3 aromatic rings. The van der Waals surface area contributed by atoms with Crippen LogP contribution in [-0.2, 0) is 19.4 Å². The minimum absolute atomic E-state index is 0. The maximum absolute atomic E-state index is 13.7. The molecule has 5 rings (SSSR count). The van der Waals surface area contributed by atoms with Crippen LogP contribution >= 0.6 is 12.4 Å². The molecule has 0 saturated heterocycles. The Kier molecular flexibility index (Phi) is 10.0. The molecule has 2 atom stereocenters. The largest absolute Gasteiger partial charge is 0.390 e. The van der Waals surface area contributed by atoms with Crippen molar-refractivity contribution in [2.45, 2.75) is 38.5 Å². The van der Waals surface area contributed by atoms with Gasteiger partial charge in [-0.15, -0.1) is 12.4 Å². The summed E-state index contributed by atoms with van der Waals surface area (Å²) in [6, 6.07) is 19.7. The van der Waals surface area contributed by atoms with Gasteiger partial charge in [0.25, 0.3) is 11.8 Å². The van der Waals surface area contributed by atoms with Crippen molar-refractivity contribution in [3.8, 4) is 0 Å². The molecule has 2 amide bonds. The van der Waals surface area contributed by atoms with Gasteiger partial charge in [0.1, 0.15) is 5.82 Å². The van der Waals surface area contributed by atoms with Gasteiger partial charge in [0.15, 0.2) is 0 Å². The van der Waals surface area contributed by atoms with E-state index in [0.717, 1.165) is 17.7 Å². The first-order valence-corrected chi connectivity index (χ1v) is 14.0. The SMILES string of the molecule is CCN1CCN(CC(O)[C@@H]2Cc3ccccc3CN2)C(=O)c2ccc(C(=O)N(C)CCc3ccc(F)cc3)cc21.Cl. The van der Waals surface area contributed by atoms with E-state index < -0.39 is 6.10 Å².